The minimum atomic E-state index is -1.57. The molecule has 73 heavy (non-hydrogen) atoms. The van der Waals surface area contributed by atoms with Crippen molar-refractivity contribution in [2.24, 2.45) is 0 Å². The normalized spacial score (nSPS) is 11.1. The van der Waals surface area contributed by atoms with Gasteiger partial charge in [-0.3, -0.25) is 0 Å². The van der Waals surface area contributed by atoms with Crippen molar-refractivity contribution < 1.29 is 0 Å². The molecule has 368 valence electrons. The number of para-hydroxylation sites is 6. The van der Waals surface area contributed by atoms with Crippen molar-refractivity contribution in [3.05, 3.63) is 286 Å². The van der Waals surface area contributed by atoms with Crippen LogP contribution in [-0.2, 0) is 0 Å². The van der Waals surface area contributed by atoms with Gasteiger partial charge in [0.05, 0.1) is 39.0 Å². The van der Waals surface area contributed by atoms with E-state index in [0.29, 0.717) is 5.02 Å². The molecule has 0 fully saturated rings. The molecular formula is C64H61Br2Cl2N3Si2. The molecular weight excluding hydrogens is 1100 g/mol. The molecule has 0 aliphatic rings. The van der Waals surface area contributed by atoms with E-state index in [1.807, 2.05) is 84.9 Å². The lowest BCUT2D eigenvalue weighted by atomic mass is 10.1. The number of anilines is 8. The van der Waals surface area contributed by atoms with Gasteiger partial charge in [0, 0.05) is 43.1 Å². The number of rotatable bonds is 12. The molecule has 0 saturated carbocycles. The van der Waals surface area contributed by atoms with Crippen LogP contribution in [0.2, 0.25) is 23.1 Å². The van der Waals surface area contributed by atoms with Crippen molar-refractivity contribution >= 4 is 139 Å². The fourth-order valence-corrected chi connectivity index (χ4v) is 14.4. The second-order valence-corrected chi connectivity index (χ2v) is 24.8. The molecule has 3 nitrogen and oxygen atoms in total. The summed E-state index contributed by atoms with van der Waals surface area (Å²) in [5.41, 5.74) is 8.40. The summed E-state index contributed by atoms with van der Waals surface area (Å²) in [6.07, 6.45) is 0. The number of benzene rings is 10. The lowest BCUT2D eigenvalue weighted by Gasteiger charge is -2.32. The van der Waals surface area contributed by atoms with Gasteiger partial charge in [-0.25, -0.2) is 0 Å². The van der Waals surface area contributed by atoms with Crippen LogP contribution in [0.3, 0.4) is 0 Å². The van der Waals surface area contributed by atoms with Crippen LogP contribution in [0, 0.1) is 0 Å². The molecule has 0 aliphatic carbocycles. The van der Waals surface area contributed by atoms with Gasteiger partial charge in [0.15, 0.2) is 0 Å². The van der Waals surface area contributed by atoms with Gasteiger partial charge in [0.1, 0.15) is 0 Å². The first kappa shape index (κ1) is 55.9. The van der Waals surface area contributed by atoms with Crippen molar-refractivity contribution in [3.63, 3.8) is 0 Å². The highest BCUT2D eigenvalue weighted by molar-refractivity contribution is 9.11. The molecule has 0 bridgehead atoms. The second-order valence-electron chi connectivity index (χ2n) is 16.8. The van der Waals surface area contributed by atoms with Crippen LogP contribution < -0.4 is 35.9 Å². The Hall–Kier alpha value is -6.43. The SMILES string of the molecule is C.C.C[SiH](c1ccccc1)c1cc(Br)c(Cl)c(Br)c1.C[SiH](c1ccccc1)c1cc(N(c2ccccc2)c2ccccc2)c(Cl)c(N(c2ccccc2)c2ccccc2)c1.c1ccc(Nc2ccccc2)cc1. The minimum Gasteiger partial charge on any atom is -0.356 e. The third kappa shape index (κ3) is 14.9. The van der Waals surface area contributed by atoms with E-state index in [4.69, 9.17) is 23.2 Å². The van der Waals surface area contributed by atoms with Crippen LogP contribution in [0.5, 0.6) is 0 Å². The predicted octanol–water partition coefficient (Wildman–Crippen LogP) is 17.8. The first-order valence-electron chi connectivity index (χ1n) is 23.5. The first-order valence-corrected chi connectivity index (χ1v) is 30.5. The van der Waals surface area contributed by atoms with E-state index in [0.717, 1.165) is 59.5 Å². The second kappa shape index (κ2) is 28.1. The number of hydrogen-bond acceptors (Lipinski definition) is 3. The standard InChI is InChI=1S/C37H31ClN2Si.C13H11Br2ClSi.C12H11N.2CH4/c1-41(33-25-15-6-16-26-33)34-27-35(39(29-17-7-2-8-18-29)30-19-9-3-10-20-30)37(38)36(28-34)40(31-21-11-4-12-22-31)32-23-13-5-14-24-32;1-17(9-5-3-2-4-6-9)10-7-11(14)13(16)12(15)8-10;1-3-7-11(8-4-1)13-12-9-5-2-6-10-12;;/h2-28,41H,1H3;2-8,17H,1H3;1-10,13H;2*1H4. The van der Waals surface area contributed by atoms with Gasteiger partial charge < -0.3 is 15.1 Å². The molecule has 0 heterocycles. The van der Waals surface area contributed by atoms with E-state index in [2.05, 4.69) is 242 Å². The molecule has 2 unspecified atom stereocenters. The monoisotopic (exact) mass is 1160 g/mol. The minimum absolute atomic E-state index is 0. The van der Waals surface area contributed by atoms with Crippen molar-refractivity contribution in [2.45, 2.75) is 27.9 Å². The molecule has 0 spiro atoms. The van der Waals surface area contributed by atoms with Gasteiger partial charge in [-0.05, 0) is 129 Å². The highest BCUT2D eigenvalue weighted by Gasteiger charge is 2.25. The highest BCUT2D eigenvalue weighted by Crippen LogP contribution is 2.46. The molecule has 0 saturated heterocycles. The van der Waals surface area contributed by atoms with Gasteiger partial charge in [-0.2, -0.15) is 0 Å². The van der Waals surface area contributed by atoms with Gasteiger partial charge in [-0.15, -0.1) is 0 Å². The molecule has 0 amide bonds. The fourth-order valence-electron chi connectivity index (χ4n) is 8.26. The molecule has 0 aromatic heterocycles. The lowest BCUT2D eigenvalue weighted by molar-refractivity contribution is 1.25. The summed E-state index contributed by atoms with van der Waals surface area (Å²) in [4.78, 5) is 4.55. The van der Waals surface area contributed by atoms with E-state index in [9.17, 15) is 0 Å². The summed E-state index contributed by atoms with van der Waals surface area (Å²) in [6.45, 7) is 4.73. The molecule has 0 radical (unpaired) electrons. The van der Waals surface area contributed by atoms with Gasteiger partial charge in [0.25, 0.3) is 0 Å². The summed E-state index contributed by atoms with van der Waals surface area (Å²) in [6, 6.07) is 92.6. The average Bonchev–Trinajstić information content (AvgIpc) is 3.43. The van der Waals surface area contributed by atoms with Crippen molar-refractivity contribution in [1.29, 1.82) is 0 Å². The molecule has 10 rings (SSSR count). The zero-order valence-electron chi connectivity index (χ0n) is 39.5. The third-order valence-corrected chi connectivity index (χ3v) is 20.0. The third-order valence-electron chi connectivity index (χ3n) is 12.0. The van der Waals surface area contributed by atoms with Crippen LogP contribution in [-0.4, -0.2) is 17.6 Å². The van der Waals surface area contributed by atoms with Crippen LogP contribution in [0.1, 0.15) is 14.9 Å². The summed E-state index contributed by atoms with van der Waals surface area (Å²) in [5, 5.41) is 10.3. The zero-order valence-corrected chi connectivity index (χ0v) is 46.5. The highest BCUT2D eigenvalue weighted by atomic mass is 79.9. The predicted molar refractivity (Wildman–Crippen MR) is 335 cm³/mol. The van der Waals surface area contributed by atoms with Gasteiger partial charge in [-0.1, -0.05) is 242 Å². The molecule has 0 aliphatic heterocycles. The van der Waals surface area contributed by atoms with Crippen molar-refractivity contribution in [2.75, 3.05) is 15.1 Å². The van der Waals surface area contributed by atoms with Crippen molar-refractivity contribution in [1.82, 2.24) is 0 Å². The molecule has 10 aromatic rings. The summed E-state index contributed by atoms with van der Waals surface area (Å²) < 4.78 is 1.91. The zero-order chi connectivity index (χ0) is 49.4. The molecule has 9 heteroatoms. The van der Waals surface area contributed by atoms with Crippen molar-refractivity contribution in [3.8, 4) is 0 Å². The quantitative estimate of drug-likeness (QED) is 0.0972. The Bertz CT molecular complexity index is 2940. The molecule has 1 N–H and O–H groups in total. The lowest BCUT2D eigenvalue weighted by Crippen LogP contribution is -2.39. The maximum atomic E-state index is 7.55. The van der Waals surface area contributed by atoms with E-state index in [1.54, 1.807) is 0 Å². The first-order chi connectivity index (χ1) is 34.7. The van der Waals surface area contributed by atoms with Crippen LogP contribution in [0.25, 0.3) is 0 Å². The summed E-state index contributed by atoms with van der Waals surface area (Å²) >= 11 is 20.7. The van der Waals surface area contributed by atoms with Gasteiger partial charge in [0.2, 0.25) is 0 Å². The summed E-state index contributed by atoms with van der Waals surface area (Å²) in [5.74, 6) is 0. The Morgan fingerprint density at radius 2 is 0.575 bits per heavy atom. The topological polar surface area (TPSA) is 18.5 Å². The molecule has 10 aromatic carbocycles. The fraction of sp³-hybridized carbons (Fsp3) is 0.0625. The maximum absolute atomic E-state index is 7.55. The smallest absolute Gasteiger partial charge is 0.0999 e. The van der Waals surface area contributed by atoms with Crippen LogP contribution in [0.15, 0.2) is 276 Å². The maximum Gasteiger partial charge on any atom is 0.0999 e. The Kier molecular flexibility index (Phi) is 21.5. The van der Waals surface area contributed by atoms with E-state index >= 15 is 0 Å². The van der Waals surface area contributed by atoms with E-state index in [-0.39, 0.29) is 14.9 Å². The Morgan fingerprint density at radius 1 is 0.329 bits per heavy atom. The summed E-state index contributed by atoms with van der Waals surface area (Å²) in [7, 11) is -2.68. The number of nitrogens with zero attached hydrogens (tertiary/aromatic N) is 2. The van der Waals surface area contributed by atoms with E-state index < -0.39 is 17.6 Å². The number of nitrogens with one attached hydrogen (secondary N) is 1. The molecule has 2 atom stereocenters. The van der Waals surface area contributed by atoms with Gasteiger partial charge >= 0.3 is 0 Å². The van der Waals surface area contributed by atoms with Crippen LogP contribution >= 0.6 is 55.1 Å². The average molecular weight is 1160 g/mol. The Labute approximate surface area is 464 Å². The largest absolute Gasteiger partial charge is 0.356 e. The van der Waals surface area contributed by atoms with E-state index in [1.165, 1.54) is 20.7 Å². The van der Waals surface area contributed by atoms with Crippen LogP contribution in [0.4, 0.5) is 45.5 Å². The number of hydrogen-bond donors (Lipinski definition) is 1. The Morgan fingerprint density at radius 3 is 0.863 bits per heavy atom. The number of halogens is 4. The Balaban J connectivity index is 0.000000222.